The molecule has 6 heteroatoms. The standard InChI is InChI=1S/C18H13N5O/c19-11-14-15(12-7-3-1-4-8-12)21-16(13-9-5-2-6-10-13)22-17(14)23-18(20)24/h1-10H,(H3,20,21,22,23,24). The van der Waals surface area contributed by atoms with Crippen molar-refractivity contribution in [2.75, 3.05) is 5.32 Å². The molecule has 3 rings (SSSR count). The summed E-state index contributed by atoms with van der Waals surface area (Å²) < 4.78 is 0. The summed E-state index contributed by atoms with van der Waals surface area (Å²) in [5, 5.41) is 11.9. The summed E-state index contributed by atoms with van der Waals surface area (Å²) in [6.07, 6.45) is 0. The Kier molecular flexibility index (Phi) is 4.17. The van der Waals surface area contributed by atoms with Gasteiger partial charge in [0, 0.05) is 11.1 Å². The van der Waals surface area contributed by atoms with E-state index in [4.69, 9.17) is 5.73 Å². The molecule has 1 aromatic heterocycles. The first-order valence-corrected chi connectivity index (χ1v) is 7.18. The Bertz CT molecular complexity index is 917. The Balaban J connectivity index is 2.26. The molecule has 2 aromatic carbocycles. The molecule has 116 valence electrons. The van der Waals surface area contributed by atoms with Crippen molar-refractivity contribution in [1.29, 1.82) is 5.26 Å². The van der Waals surface area contributed by atoms with Crippen molar-refractivity contribution in [3.63, 3.8) is 0 Å². The van der Waals surface area contributed by atoms with Crippen LogP contribution in [0.25, 0.3) is 22.6 Å². The topological polar surface area (TPSA) is 105 Å². The van der Waals surface area contributed by atoms with Gasteiger partial charge in [0.2, 0.25) is 0 Å². The van der Waals surface area contributed by atoms with Crippen LogP contribution in [0.2, 0.25) is 0 Å². The van der Waals surface area contributed by atoms with Gasteiger partial charge in [-0.05, 0) is 0 Å². The van der Waals surface area contributed by atoms with Gasteiger partial charge in [0.15, 0.2) is 11.6 Å². The lowest BCUT2D eigenvalue weighted by atomic mass is 10.1. The lowest BCUT2D eigenvalue weighted by Gasteiger charge is -2.11. The number of anilines is 1. The van der Waals surface area contributed by atoms with Crippen LogP contribution in [0.3, 0.4) is 0 Å². The number of primary amides is 1. The molecule has 0 saturated carbocycles. The highest BCUT2D eigenvalue weighted by molar-refractivity contribution is 5.90. The van der Waals surface area contributed by atoms with Gasteiger partial charge >= 0.3 is 6.03 Å². The van der Waals surface area contributed by atoms with Crippen molar-refractivity contribution in [3.05, 3.63) is 66.2 Å². The van der Waals surface area contributed by atoms with Gasteiger partial charge in [0.05, 0.1) is 5.69 Å². The summed E-state index contributed by atoms with van der Waals surface area (Å²) in [7, 11) is 0. The fourth-order valence-electron chi connectivity index (χ4n) is 2.30. The van der Waals surface area contributed by atoms with Gasteiger partial charge in [-0.3, -0.25) is 5.32 Å². The van der Waals surface area contributed by atoms with Gasteiger partial charge in [-0.2, -0.15) is 5.26 Å². The van der Waals surface area contributed by atoms with E-state index < -0.39 is 6.03 Å². The van der Waals surface area contributed by atoms with Crippen LogP contribution in [0.5, 0.6) is 0 Å². The molecule has 0 saturated heterocycles. The normalized spacial score (nSPS) is 9.96. The molecule has 6 nitrogen and oxygen atoms in total. The van der Waals surface area contributed by atoms with Crippen LogP contribution in [0.1, 0.15) is 5.56 Å². The molecule has 3 N–H and O–H groups in total. The van der Waals surface area contributed by atoms with E-state index in [2.05, 4.69) is 21.4 Å². The van der Waals surface area contributed by atoms with Crippen molar-refractivity contribution in [2.24, 2.45) is 5.73 Å². The van der Waals surface area contributed by atoms with Gasteiger partial charge in [0.1, 0.15) is 11.6 Å². The SMILES string of the molecule is N#Cc1c(NC(N)=O)nc(-c2ccccc2)nc1-c1ccccc1. The summed E-state index contributed by atoms with van der Waals surface area (Å²) in [6, 6.07) is 19.8. The average molecular weight is 315 g/mol. The molecule has 0 spiro atoms. The number of carbonyl (C=O) groups excluding carboxylic acids is 1. The smallest absolute Gasteiger partial charge is 0.317 e. The highest BCUT2D eigenvalue weighted by Gasteiger charge is 2.17. The van der Waals surface area contributed by atoms with E-state index >= 15 is 0 Å². The minimum atomic E-state index is -0.789. The molecule has 24 heavy (non-hydrogen) atoms. The van der Waals surface area contributed by atoms with E-state index in [9.17, 15) is 10.1 Å². The summed E-state index contributed by atoms with van der Waals surface area (Å²) in [4.78, 5) is 20.1. The Morgan fingerprint density at radius 1 is 0.958 bits per heavy atom. The number of nitrogens with two attached hydrogens (primary N) is 1. The monoisotopic (exact) mass is 315 g/mol. The average Bonchev–Trinajstić information content (AvgIpc) is 2.62. The van der Waals surface area contributed by atoms with Crippen LogP contribution in [0.4, 0.5) is 10.6 Å². The number of benzene rings is 2. The predicted molar refractivity (Wildman–Crippen MR) is 90.8 cm³/mol. The maximum atomic E-state index is 11.3. The fraction of sp³-hybridized carbons (Fsp3) is 0. The van der Waals surface area contributed by atoms with E-state index in [1.807, 2.05) is 60.7 Å². The number of nitrogens with zero attached hydrogens (tertiary/aromatic N) is 3. The number of nitriles is 1. The largest absolute Gasteiger partial charge is 0.351 e. The number of aromatic nitrogens is 2. The molecule has 3 aromatic rings. The zero-order valence-electron chi connectivity index (χ0n) is 12.6. The molecular weight excluding hydrogens is 302 g/mol. The van der Waals surface area contributed by atoms with Crippen molar-refractivity contribution >= 4 is 11.8 Å². The highest BCUT2D eigenvalue weighted by atomic mass is 16.2. The van der Waals surface area contributed by atoms with Crippen LogP contribution in [-0.4, -0.2) is 16.0 Å². The minimum Gasteiger partial charge on any atom is -0.351 e. The fourth-order valence-corrected chi connectivity index (χ4v) is 2.30. The third-order valence-corrected chi connectivity index (χ3v) is 3.34. The molecule has 0 aliphatic rings. The molecular formula is C18H13N5O. The summed E-state index contributed by atoms with van der Waals surface area (Å²) in [5.74, 6) is 0.495. The van der Waals surface area contributed by atoms with Crippen molar-refractivity contribution < 1.29 is 4.79 Å². The number of rotatable bonds is 3. The summed E-state index contributed by atoms with van der Waals surface area (Å²) >= 11 is 0. The molecule has 2 amide bonds. The molecule has 0 aliphatic heterocycles. The second-order valence-electron chi connectivity index (χ2n) is 4.95. The van der Waals surface area contributed by atoms with Gasteiger partial charge in [-0.15, -0.1) is 0 Å². The number of hydrogen-bond acceptors (Lipinski definition) is 4. The van der Waals surface area contributed by atoms with Crippen molar-refractivity contribution in [3.8, 4) is 28.7 Å². The molecule has 0 bridgehead atoms. The number of urea groups is 1. The molecule has 0 fully saturated rings. The lowest BCUT2D eigenvalue weighted by molar-refractivity contribution is 0.259. The van der Waals surface area contributed by atoms with E-state index in [0.717, 1.165) is 11.1 Å². The van der Waals surface area contributed by atoms with E-state index in [1.54, 1.807) is 0 Å². The number of hydrogen-bond donors (Lipinski definition) is 2. The van der Waals surface area contributed by atoms with Crippen LogP contribution in [0.15, 0.2) is 60.7 Å². The van der Waals surface area contributed by atoms with Gasteiger partial charge in [0.25, 0.3) is 0 Å². The second kappa shape index (κ2) is 6.58. The summed E-state index contributed by atoms with van der Waals surface area (Å²) in [6.45, 7) is 0. The molecule has 0 atom stereocenters. The summed E-state index contributed by atoms with van der Waals surface area (Å²) in [5.41, 5.74) is 7.33. The van der Waals surface area contributed by atoms with E-state index in [-0.39, 0.29) is 11.4 Å². The lowest BCUT2D eigenvalue weighted by Crippen LogP contribution is -2.21. The maximum Gasteiger partial charge on any atom is 0.317 e. The number of nitrogens with one attached hydrogen (secondary N) is 1. The zero-order valence-corrected chi connectivity index (χ0v) is 12.6. The first-order chi connectivity index (χ1) is 11.7. The first kappa shape index (κ1) is 15.2. The molecule has 0 unspecified atom stereocenters. The molecule has 0 radical (unpaired) electrons. The zero-order chi connectivity index (χ0) is 16.9. The Morgan fingerprint density at radius 3 is 2.08 bits per heavy atom. The van der Waals surface area contributed by atoms with Crippen molar-refractivity contribution in [1.82, 2.24) is 9.97 Å². The molecule has 1 heterocycles. The van der Waals surface area contributed by atoms with Crippen LogP contribution >= 0.6 is 0 Å². The van der Waals surface area contributed by atoms with Gasteiger partial charge in [-0.25, -0.2) is 14.8 Å². The van der Waals surface area contributed by atoms with Crippen LogP contribution in [0, 0.1) is 11.3 Å². The molecule has 0 aliphatic carbocycles. The Morgan fingerprint density at radius 2 is 1.54 bits per heavy atom. The van der Waals surface area contributed by atoms with Crippen molar-refractivity contribution in [2.45, 2.75) is 0 Å². The highest BCUT2D eigenvalue weighted by Crippen LogP contribution is 2.29. The number of amides is 2. The maximum absolute atomic E-state index is 11.3. The van der Waals surface area contributed by atoms with Gasteiger partial charge in [-0.1, -0.05) is 60.7 Å². The third kappa shape index (κ3) is 3.05. The predicted octanol–water partition coefficient (Wildman–Crippen LogP) is 3.17. The van der Waals surface area contributed by atoms with Crippen LogP contribution < -0.4 is 11.1 Å². The van der Waals surface area contributed by atoms with Gasteiger partial charge < -0.3 is 5.73 Å². The third-order valence-electron chi connectivity index (χ3n) is 3.34. The Labute approximate surface area is 138 Å². The van der Waals surface area contributed by atoms with Crippen LogP contribution in [-0.2, 0) is 0 Å². The van der Waals surface area contributed by atoms with E-state index in [1.165, 1.54) is 0 Å². The first-order valence-electron chi connectivity index (χ1n) is 7.18. The second-order valence-corrected chi connectivity index (χ2v) is 4.95. The Hall–Kier alpha value is -3.72. The number of carbonyl (C=O) groups is 1. The van der Waals surface area contributed by atoms with E-state index in [0.29, 0.717) is 11.5 Å². The minimum absolute atomic E-state index is 0.0951. The quantitative estimate of drug-likeness (QED) is 0.774.